The molecule has 1 saturated carbocycles. The van der Waals surface area contributed by atoms with Crippen molar-refractivity contribution in [2.24, 2.45) is 5.92 Å². The first kappa shape index (κ1) is 19.1. The molecule has 0 bridgehead atoms. The number of halogens is 1. The molecule has 28 heavy (non-hydrogen) atoms. The maximum Gasteiger partial charge on any atom is 0.258 e. The van der Waals surface area contributed by atoms with E-state index in [4.69, 9.17) is 11.6 Å². The molecule has 1 heterocycles. The van der Waals surface area contributed by atoms with Gasteiger partial charge in [-0.3, -0.25) is 4.79 Å². The van der Waals surface area contributed by atoms with Crippen LogP contribution in [0.15, 0.2) is 36.4 Å². The molecule has 0 radical (unpaired) electrons. The van der Waals surface area contributed by atoms with Gasteiger partial charge in [0.2, 0.25) is 0 Å². The van der Waals surface area contributed by atoms with Crippen LogP contribution >= 0.6 is 11.6 Å². The molecule has 1 saturated heterocycles. The Kier molecular flexibility index (Phi) is 5.47. The summed E-state index contributed by atoms with van der Waals surface area (Å²) in [5.41, 5.74) is 2.45. The highest BCUT2D eigenvalue weighted by Crippen LogP contribution is 2.37. The van der Waals surface area contributed by atoms with E-state index >= 15 is 0 Å². The fourth-order valence-corrected chi connectivity index (χ4v) is 4.05. The zero-order valence-corrected chi connectivity index (χ0v) is 16.5. The second-order valence-electron chi connectivity index (χ2n) is 7.80. The van der Waals surface area contributed by atoms with Crippen LogP contribution in [0.2, 0.25) is 5.02 Å². The minimum atomic E-state index is -0.265. The van der Waals surface area contributed by atoms with E-state index in [0.29, 0.717) is 6.54 Å². The number of nitrogens with zero attached hydrogens (tertiary/aromatic N) is 1. The number of nitrogens with one attached hydrogen (secondary N) is 1. The van der Waals surface area contributed by atoms with E-state index in [0.717, 1.165) is 43.5 Å². The van der Waals surface area contributed by atoms with Gasteiger partial charge in [-0.1, -0.05) is 35.9 Å². The Morgan fingerprint density at radius 1 is 1.14 bits per heavy atom. The quantitative estimate of drug-likeness (QED) is 0.678. The number of hydrogen-bond donors (Lipinski definition) is 3. The summed E-state index contributed by atoms with van der Waals surface area (Å²) in [6, 6.07) is 10.8. The number of hydrogen-bond acceptors (Lipinski definition) is 4. The van der Waals surface area contributed by atoms with Gasteiger partial charge in [0.25, 0.3) is 5.91 Å². The van der Waals surface area contributed by atoms with Crippen molar-refractivity contribution in [1.82, 2.24) is 10.2 Å². The molecule has 2 aromatic carbocycles. The van der Waals surface area contributed by atoms with Crippen LogP contribution in [0, 0.1) is 5.92 Å². The van der Waals surface area contributed by atoms with Crippen molar-refractivity contribution in [3.63, 3.8) is 0 Å². The number of carbonyl (C=O) groups is 1. The summed E-state index contributed by atoms with van der Waals surface area (Å²) < 4.78 is 0. The van der Waals surface area contributed by atoms with Crippen LogP contribution in [0.5, 0.6) is 11.5 Å². The lowest BCUT2D eigenvalue weighted by molar-refractivity contribution is 0.0732. The summed E-state index contributed by atoms with van der Waals surface area (Å²) in [4.78, 5) is 14.9. The predicted octanol–water partition coefficient (Wildman–Crippen LogP) is 4.23. The molecule has 2 fully saturated rings. The summed E-state index contributed by atoms with van der Waals surface area (Å²) >= 11 is 5.95. The lowest BCUT2D eigenvalue weighted by Crippen LogP contribution is -2.30. The van der Waals surface area contributed by atoms with Crippen LogP contribution in [-0.2, 0) is 6.54 Å². The highest BCUT2D eigenvalue weighted by atomic mass is 35.5. The Hall–Kier alpha value is -2.24. The lowest BCUT2D eigenvalue weighted by atomic mass is 10.0. The first-order chi connectivity index (χ1) is 13.5. The van der Waals surface area contributed by atoms with Crippen LogP contribution in [-0.4, -0.2) is 34.1 Å². The number of phenolic OH excluding ortho intramolecular Hbond substituents is 2. The van der Waals surface area contributed by atoms with E-state index in [2.05, 4.69) is 23.5 Å². The molecule has 1 aliphatic heterocycles. The number of amides is 1. The van der Waals surface area contributed by atoms with Crippen molar-refractivity contribution < 1.29 is 15.0 Å². The van der Waals surface area contributed by atoms with Gasteiger partial charge in [-0.25, -0.2) is 0 Å². The van der Waals surface area contributed by atoms with Gasteiger partial charge in [0.1, 0.15) is 11.5 Å². The molecule has 5 nitrogen and oxygen atoms in total. The van der Waals surface area contributed by atoms with Gasteiger partial charge in [-0.05, 0) is 55.3 Å². The molecule has 1 aliphatic carbocycles. The van der Waals surface area contributed by atoms with Gasteiger partial charge in [0.15, 0.2) is 0 Å². The average molecular weight is 401 g/mol. The lowest BCUT2D eigenvalue weighted by Gasteiger charge is -2.26. The van der Waals surface area contributed by atoms with E-state index < -0.39 is 0 Å². The molecule has 3 N–H and O–H groups in total. The maximum absolute atomic E-state index is 13.1. The molecule has 148 valence electrons. The number of aromatic hydroxyl groups is 2. The van der Waals surface area contributed by atoms with Gasteiger partial charge in [0.05, 0.1) is 16.6 Å². The fraction of sp³-hybridized carbons (Fsp3) is 0.409. The molecule has 1 unspecified atom stereocenters. The van der Waals surface area contributed by atoms with Gasteiger partial charge < -0.3 is 20.4 Å². The number of phenols is 2. The topological polar surface area (TPSA) is 72.8 Å². The highest BCUT2D eigenvalue weighted by molar-refractivity contribution is 6.32. The van der Waals surface area contributed by atoms with Crippen LogP contribution in [0.25, 0.3) is 0 Å². The van der Waals surface area contributed by atoms with Crippen molar-refractivity contribution >= 4 is 17.5 Å². The third-order valence-corrected chi connectivity index (χ3v) is 5.91. The zero-order chi connectivity index (χ0) is 19.7. The van der Waals surface area contributed by atoms with E-state index in [9.17, 15) is 15.0 Å². The standard InChI is InChI=1S/C22H25ClN2O3/c23-18-10-17(20(26)11-21(18)27)22(28)25-8-2-5-19(25)16-4-1-3-15(9-16)13-24-12-14-6-7-14/h1,3-4,9-11,14,19,24,26-27H,2,5-8,12-13H2. The molecule has 4 rings (SSSR count). The second kappa shape index (κ2) is 8.02. The average Bonchev–Trinajstić information content (AvgIpc) is 3.37. The van der Waals surface area contributed by atoms with Crippen LogP contribution in [0.3, 0.4) is 0 Å². The largest absolute Gasteiger partial charge is 0.507 e. The Labute approximate surface area is 169 Å². The van der Waals surface area contributed by atoms with Gasteiger partial charge in [-0.2, -0.15) is 0 Å². The Morgan fingerprint density at radius 2 is 1.96 bits per heavy atom. The molecule has 0 aromatic heterocycles. The van der Waals surface area contributed by atoms with Crippen LogP contribution in [0.4, 0.5) is 0 Å². The molecule has 0 spiro atoms. The van der Waals surface area contributed by atoms with Crippen molar-refractivity contribution in [2.75, 3.05) is 13.1 Å². The third-order valence-electron chi connectivity index (χ3n) is 5.60. The Morgan fingerprint density at radius 3 is 2.75 bits per heavy atom. The first-order valence-corrected chi connectivity index (χ1v) is 10.2. The number of carbonyl (C=O) groups excluding carboxylic acids is 1. The monoisotopic (exact) mass is 400 g/mol. The van der Waals surface area contributed by atoms with Gasteiger partial charge in [0, 0.05) is 19.2 Å². The normalized spacial score (nSPS) is 19.2. The smallest absolute Gasteiger partial charge is 0.258 e. The van der Waals surface area contributed by atoms with Crippen molar-refractivity contribution in [1.29, 1.82) is 0 Å². The summed E-state index contributed by atoms with van der Waals surface area (Å²) in [6.45, 7) is 2.53. The van der Waals surface area contributed by atoms with Crippen molar-refractivity contribution in [3.05, 3.63) is 58.1 Å². The molecular formula is C22H25ClN2O3. The van der Waals surface area contributed by atoms with Crippen LogP contribution < -0.4 is 5.32 Å². The van der Waals surface area contributed by atoms with E-state index in [1.165, 1.54) is 24.5 Å². The van der Waals surface area contributed by atoms with Gasteiger partial charge in [-0.15, -0.1) is 0 Å². The molecule has 1 atom stereocenters. The molecule has 1 amide bonds. The molecule has 2 aliphatic rings. The summed E-state index contributed by atoms with van der Waals surface area (Å²) in [5.74, 6) is 0.0887. The second-order valence-corrected chi connectivity index (χ2v) is 8.20. The zero-order valence-electron chi connectivity index (χ0n) is 15.7. The number of likely N-dealkylation sites (tertiary alicyclic amines) is 1. The molecule has 6 heteroatoms. The summed E-state index contributed by atoms with van der Waals surface area (Å²) in [6.07, 6.45) is 4.46. The first-order valence-electron chi connectivity index (χ1n) is 9.85. The maximum atomic E-state index is 13.1. The fourth-order valence-electron chi connectivity index (χ4n) is 3.89. The van der Waals surface area contributed by atoms with Crippen LogP contribution in [0.1, 0.15) is 53.2 Å². The highest BCUT2D eigenvalue weighted by Gasteiger charge is 2.32. The molecular weight excluding hydrogens is 376 g/mol. The third kappa shape index (κ3) is 4.10. The number of rotatable bonds is 6. The summed E-state index contributed by atoms with van der Waals surface area (Å²) in [5, 5.41) is 23.3. The number of benzene rings is 2. The van der Waals surface area contributed by atoms with Crippen molar-refractivity contribution in [2.45, 2.75) is 38.3 Å². The minimum Gasteiger partial charge on any atom is -0.507 e. The van der Waals surface area contributed by atoms with Crippen molar-refractivity contribution in [3.8, 4) is 11.5 Å². The Balaban J connectivity index is 1.51. The Bertz CT molecular complexity index is 882. The SMILES string of the molecule is O=C(c1cc(Cl)c(O)cc1O)N1CCCC1c1cccc(CNCC2CC2)c1. The van der Waals surface area contributed by atoms with E-state index in [-0.39, 0.29) is 34.0 Å². The van der Waals surface area contributed by atoms with E-state index in [1.54, 1.807) is 4.90 Å². The van der Waals surface area contributed by atoms with Gasteiger partial charge >= 0.3 is 0 Å². The van der Waals surface area contributed by atoms with E-state index in [1.807, 2.05) is 6.07 Å². The molecule has 2 aromatic rings. The minimum absolute atomic E-state index is 0.0251. The summed E-state index contributed by atoms with van der Waals surface area (Å²) in [7, 11) is 0. The predicted molar refractivity (Wildman–Crippen MR) is 109 cm³/mol.